The zero-order valence-electron chi connectivity index (χ0n) is 15.3. The van der Waals surface area contributed by atoms with Crippen LogP contribution < -0.4 is 21.5 Å². The van der Waals surface area contributed by atoms with Crippen LogP contribution in [0.3, 0.4) is 0 Å². The van der Waals surface area contributed by atoms with Crippen LogP contribution in [-0.4, -0.2) is 54.4 Å². The zero-order chi connectivity index (χ0) is 18.9. The van der Waals surface area contributed by atoms with E-state index in [1.54, 1.807) is 7.05 Å². The third-order valence-corrected chi connectivity index (χ3v) is 5.50. The van der Waals surface area contributed by atoms with Crippen molar-refractivity contribution in [2.75, 3.05) is 20.3 Å². The maximum atomic E-state index is 12.7. The first-order valence-electron chi connectivity index (χ1n) is 9.36. The molecule has 2 rings (SSSR count). The molecule has 0 radical (unpaired) electrons. The Hall–Kier alpha value is -1.45. The number of hydrazine groups is 1. The van der Waals surface area contributed by atoms with Crippen LogP contribution in [0.5, 0.6) is 0 Å². The molecule has 26 heavy (non-hydrogen) atoms. The quantitative estimate of drug-likeness (QED) is 0.333. The second-order valence-electron chi connectivity index (χ2n) is 6.96. The fourth-order valence-electron chi connectivity index (χ4n) is 3.59. The van der Waals surface area contributed by atoms with Crippen LogP contribution >= 0.6 is 12.2 Å². The highest BCUT2D eigenvalue weighted by Gasteiger charge is 2.36. The molecule has 2 fully saturated rings. The van der Waals surface area contributed by atoms with Crippen LogP contribution in [0.4, 0.5) is 0 Å². The largest absolute Gasteiger partial charge is 0.381 e. The summed E-state index contributed by atoms with van der Waals surface area (Å²) in [5.41, 5.74) is 4.89. The summed E-state index contributed by atoms with van der Waals surface area (Å²) in [6, 6.07) is -0.640. The van der Waals surface area contributed by atoms with Gasteiger partial charge in [0.15, 0.2) is 11.2 Å². The van der Waals surface area contributed by atoms with Crippen molar-refractivity contribution in [2.45, 2.75) is 57.1 Å². The molecule has 1 heterocycles. The molecular formula is C17H30N4O4S. The van der Waals surface area contributed by atoms with Crippen molar-refractivity contribution in [1.29, 1.82) is 0 Å². The van der Waals surface area contributed by atoms with Crippen LogP contribution in [0.1, 0.15) is 44.9 Å². The van der Waals surface area contributed by atoms with E-state index in [9.17, 15) is 14.7 Å². The summed E-state index contributed by atoms with van der Waals surface area (Å²) >= 11 is 4.90. The van der Waals surface area contributed by atoms with Gasteiger partial charge in [0.05, 0.1) is 6.04 Å². The Kier molecular flexibility index (Phi) is 8.53. The number of hydrogen-bond acceptors (Lipinski definition) is 5. The van der Waals surface area contributed by atoms with Crippen molar-refractivity contribution in [3.63, 3.8) is 0 Å². The van der Waals surface area contributed by atoms with E-state index >= 15 is 0 Å². The van der Waals surface area contributed by atoms with Crippen molar-refractivity contribution >= 4 is 29.1 Å². The lowest BCUT2D eigenvalue weighted by Crippen LogP contribution is -2.58. The maximum Gasteiger partial charge on any atom is 0.269 e. The fourth-order valence-corrected chi connectivity index (χ4v) is 3.65. The van der Waals surface area contributed by atoms with Gasteiger partial charge in [-0.05, 0) is 43.8 Å². The molecule has 9 heteroatoms. The summed E-state index contributed by atoms with van der Waals surface area (Å²) in [7, 11) is 1.62. The molecular weight excluding hydrogens is 356 g/mol. The van der Waals surface area contributed by atoms with Gasteiger partial charge in [0.2, 0.25) is 5.91 Å². The van der Waals surface area contributed by atoms with E-state index < -0.39 is 18.1 Å². The molecule has 8 nitrogen and oxygen atoms in total. The van der Waals surface area contributed by atoms with Crippen molar-refractivity contribution < 1.29 is 19.4 Å². The second kappa shape index (κ2) is 10.6. The van der Waals surface area contributed by atoms with Gasteiger partial charge in [-0.1, -0.05) is 19.3 Å². The molecule has 1 saturated heterocycles. The van der Waals surface area contributed by atoms with E-state index in [0.717, 1.165) is 32.1 Å². The molecule has 0 aromatic rings. The monoisotopic (exact) mass is 386 g/mol. The van der Waals surface area contributed by atoms with Crippen molar-refractivity contribution in [3.8, 4) is 0 Å². The lowest BCUT2D eigenvalue weighted by Gasteiger charge is -2.34. The second-order valence-corrected chi connectivity index (χ2v) is 7.37. The summed E-state index contributed by atoms with van der Waals surface area (Å²) < 4.78 is 5.37. The number of ether oxygens (including phenoxy) is 1. The lowest BCUT2D eigenvalue weighted by molar-refractivity contribution is -0.136. The first kappa shape index (κ1) is 20.9. The van der Waals surface area contributed by atoms with Gasteiger partial charge in [0.25, 0.3) is 5.91 Å². The summed E-state index contributed by atoms with van der Waals surface area (Å²) in [4.78, 5) is 25.0. The van der Waals surface area contributed by atoms with Crippen molar-refractivity contribution in [2.24, 2.45) is 11.8 Å². The Morgan fingerprint density at radius 3 is 2.35 bits per heavy atom. The predicted molar refractivity (Wildman–Crippen MR) is 101 cm³/mol. The first-order chi connectivity index (χ1) is 12.5. The number of carbonyl (C=O) groups is 2. The molecule has 5 N–H and O–H groups in total. The van der Waals surface area contributed by atoms with E-state index in [1.165, 1.54) is 0 Å². The predicted octanol–water partition coefficient (Wildman–Crippen LogP) is -0.0359. The van der Waals surface area contributed by atoms with Crippen molar-refractivity contribution in [1.82, 2.24) is 21.5 Å². The molecule has 2 atom stereocenters. The van der Waals surface area contributed by atoms with Crippen LogP contribution in [0.25, 0.3) is 0 Å². The summed E-state index contributed by atoms with van der Waals surface area (Å²) in [6.45, 7) is 1.13. The Morgan fingerprint density at radius 2 is 1.73 bits per heavy atom. The molecule has 2 amide bonds. The minimum absolute atomic E-state index is 0.00621. The molecule has 1 saturated carbocycles. The van der Waals surface area contributed by atoms with Gasteiger partial charge in [0, 0.05) is 26.2 Å². The Labute approximate surface area is 159 Å². The van der Waals surface area contributed by atoms with Crippen LogP contribution in [0.15, 0.2) is 0 Å². The number of amides is 2. The normalized spacial score (nSPS) is 21.3. The number of aliphatic hydroxyl groups is 1. The molecule has 148 valence electrons. The van der Waals surface area contributed by atoms with Gasteiger partial charge in [0.1, 0.15) is 0 Å². The molecule has 1 aliphatic heterocycles. The highest BCUT2D eigenvalue weighted by atomic mass is 32.1. The fraction of sp³-hybridized carbons (Fsp3) is 0.824. The molecule has 2 aliphatic rings. The van der Waals surface area contributed by atoms with E-state index in [2.05, 4.69) is 21.5 Å². The number of nitrogens with one attached hydrogen (secondary N) is 4. The van der Waals surface area contributed by atoms with E-state index in [4.69, 9.17) is 17.0 Å². The molecule has 2 unspecified atom stereocenters. The van der Waals surface area contributed by atoms with Gasteiger partial charge >= 0.3 is 0 Å². The Morgan fingerprint density at radius 1 is 1.08 bits per heavy atom. The molecule has 0 aromatic carbocycles. The summed E-state index contributed by atoms with van der Waals surface area (Å²) in [5.74, 6) is -0.723. The SMILES string of the molecule is CNC(=S)NNC(=O)C(O)C(NC(=O)C1CCCCC1)C1CCOCC1. The minimum atomic E-state index is -1.36. The lowest BCUT2D eigenvalue weighted by atomic mass is 9.85. The van der Waals surface area contributed by atoms with E-state index in [-0.39, 0.29) is 22.9 Å². The van der Waals surface area contributed by atoms with Crippen LogP contribution in [-0.2, 0) is 14.3 Å². The first-order valence-corrected chi connectivity index (χ1v) is 9.77. The molecule has 0 bridgehead atoms. The number of rotatable bonds is 5. The average Bonchev–Trinajstić information content (AvgIpc) is 2.70. The van der Waals surface area contributed by atoms with E-state index in [0.29, 0.717) is 26.1 Å². The zero-order valence-corrected chi connectivity index (χ0v) is 16.1. The molecule has 0 spiro atoms. The smallest absolute Gasteiger partial charge is 0.269 e. The Balaban J connectivity index is 2.00. The molecule has 0 aromatic heterocycles. The van der Waals surface area contributed by atoms with Crippen LogP contribution in [0.2, 0.25) is 0 Å². The van der Waals surface area contributed by atoms with Gasteiger partial charge in [-0.25, -0.2) is 0 Å². The topological polar surface area (TPSA) is 112 Å². The number of thiocarbonyl (C=S) groups is 1. The third-order valence-electron chi connectivity index (χ3n) is 5.19. The minimum Gasteiger partial charge on any atom is -0.381 e. The standard InChI is InChI=1S/C17H30N4O4S/c1-18-17(26)21-20-16(24)14(22)13(11-7-9-25-10-8-11)19-15(23)12-5-3-2-4-6-12/h11-14,22H,2-10H2,1H3,(H,19,23)(H,20,24)(H2,18,21,26). The van der Waals surface area contributed by atoms with Crippen molar-refractivity contribution in [3.05, 3.63) is 0 Å². The highest BCUT2D eigenvalue weighted by Crippen LogP contribution is 2.26. The van der Waals surface area contributed by atoms with Gasteiger partial charge < -0.3 is 20.5 Å². The number of carbonyl (C=O) groups excluding carboxylic acids is 2. The average molecular weight is 387 g/mol. The van der Waals surface area contributed by atoms with Gasteiger partial charge in [-0.3, -0.25) is 20.4 Å². The number of aliphatic hydroxyl groups excluding tert-OH is 1. The highest BCUT2D eigenvalue weighted by molar-refractivity contribution is 7.80. The third kappa shape index (κ3) is 6.07. The van der Waals surface area contributed by atoms with E-state index in [1.807, 2.05) is 0 Å². The molecule has 1 aliphatic carbocycles. The summed E-state index contributed by atoms with van der Waals surface area (Å²) in [5, 5.41) is 16.4. The van der Waals surface area contributed by atoms with Crippen LogP contribution in [0, 0.1) is 11.8 Å². The number of hydrogen-bond donors (Lipinski definition) is 5. The van der Waals surface area contributed by atoms with Gasteiger partial charge in [-0.2, -0.15) is 0 Å². The van der Waals surface area contributed by atoms with Gasteiger partial charge in [-0.15, -0.1) is 0 Å². The Bertz CT molecular complexity index is 493. The maximum absolute atomic E-state index is 12.7. The summed E-state index contributed by atoms with van der Waals surface area (Å²) in [6.07, 6.45) is 5.03.